The van der Waals surface area contributed by atoms with Crippen molar-refractivity contribution in [3.8, 4) is 11.4 Å². The highest BCUT2D eigenvalue weighted by atomic mass is 19.1. The molecule has 1 aromatic heterocycles. The van der Waals surface area contributed by atoms with Crippen LogP contribution >= 0.6 is 0 Å². The van der Waals surface area contributed by atoms with Gasteiger partial charge in [0.2, 0.25) is 5.91 Å². The Morgan fingerprint density at radius 1 is 1.11 bits per heavy atom. The smallest absolute Gasteiger partial charge is 0.257 e. The van der Waals surface area contributed by atoms with Crippen LogP contribution in [-0.4, -0.2) is 46.7 Å². The van der Waals surface area contributed by atoms with Gasteiger partial charge in [0.15, 0.2) is 0 Å². The molecule has 0 unspecified atom stereocenters. The molecular formula is C27H33FN4O3. The zero-order chi connectivity index (χ0) is 25.8. The first-order valence-corrected chi connectivity index (χ1v) is 11.6. The van der Waals surface area contributed by atoms with Crippen molar-refractivity contribution in [2.24, 2.45) is 5.92 Å². The van der Waals surface area contributed by atoms with E-state index >= 15 is 0 Å². The summed E-state index contributed by atoms with van der Waals surface area (Å²) < 4.78 is 21.2. The maximum Gasteiger partial charge on any atom is 0.257 e. The fourth-order valence-corrected chi connectivity index (χ4v) is 3.58. The van der Waals surface area contributed by atoms with Crippen LogP contribution in [0.1, 0.15) is 50.7 Å². The Morgan fingerprint density at radius 3 is 2.34 bits per heavy atom. The molecular weight excluding hydrogens is 447 g/mol. The number of aromatic nitrogens is 2. The summed E-state index contributed by atoms with van der Waals surface area (Å²) in [7, 11) is 1.60. The number of carbonyl (C=O) groups is 2. The van der Waals surface area contributed by atoms with Gasteiger partial charge < -0.3 is 15.0 Å². The second kappa shape index (κ2) is 10.7. The molecule has 8 heteroatoms. The minimum atomic E-state index is -0.612. The van der Waals surface area contributed by atoms with E-state index in [9.17, 15) is 14.0 Å². The average molecular weight is 481 g/mol. The number of carbonyl (C=O) groups excluding carboxylic acids is 2. The highest BCUT2D eigenvalue weighted by molar-refractivity contribution is 5.99. The minimum absolute atomic E-state index is 0.0563. The van der Waals surface area contributed by atoms with E-state index in [0.717, 1.165) is 11.4 Å². The van der Waals surface area contributed by atoms with Crippen molar-refractivity contribution < 1.29 is 18.7 Å². The van der Waals surface area contributed by atoms with E-state index in [1.165, 1.54) is 23.1 Å². The van der Waals surface area contributed by atoms with Crippen LogP contribution in [0.25, 0.3) is 5.69 Å². The number of halogens is 1. The molecule has 2 amide bonds. The van der Waals surface area contributed by atoms with E-state index in [4.69, 9.17) is 9.84 Å². The first-order valence-electron chi connectivity index (χ1n) is 11.6. The second-order valence-corrected chi connectivity index (χ2v) is 9.88. The third-order valence-corrected chi connectivity index (χ3v) is 5.37. The lowest BCUT2D eigenvalue weighted by Crippen LogP contribution is -2.40. The fourth-order valence-electron chi connectivity index (χ4n) is 3.58. The van der Waals surface area contributed by atoms with Crippen molar-refractivity contribution in [2.45, 2.75) is 40.0 Å². The number of anilines is 1. The first kappa shape index (κ1) is 25.9. The van der Waals surface area contributed by atoms with Gasteiger partial charge in [-0.25, -0.2) is 9.07 Å². The lowest BCUT2D eigenvalue weighted by atomic mass is 9.92. The van der Waals surface area contributed by atoms with Crippen LogP contribution in [0.4, 0.5) is 10.2 Å². The van der Waals surface area contributed by atoms with Gasteiger partial charge in [-0.1, -0.05) is 46.8 Å². The number of ether oxygens (including phenoxy) is 1. The van der Waals surface area contributed by atoms with Crippen molar-refractivity contribution in [2.75, 3.05) is 25.5 Å². The molecule has 3 rings (SSSR count). The van der Waals surface area contributed by atoms with Crippen LogP contribution in [0, 0.1) is 11.7 Å². The number of hydrogen-bond donors (Lipinski definition) is 1. The summed E-state index contributed by atoms with van der Waals surface area (Å²) in [5.74, 6) is -0.252. The van der Waals surface area contributed by atoms with Gasteiger partial charge in [-0.05, 0) is 42.3 Å². The van der Waals surface area contributed by atoms with Crippen molar-refractivity contribution in [1.82, 2.24) is 14.7 Å². The maximum atomic E-state index is 14.3. The Kier molecular flexibility index (Phi) is 7.94. The topological polar surface area (TPSA) is 76.5 Å². The fraction of sp³-hybridized carbons (Fsp3) is 0.370. The Hall–Kier alpha value is -3.68. The number of nitrogens with zero attached hydrogens (tertiary/aromatic N) is 3. The van der Waals surface area contributed by atoms with Crippen LogP contribution in [0.3, 0.4) is 0 Å². The summed E-state index contributed by atoms with van der Waals surface area (Å²) in [6, 6.07) is 15.0. The molecule has 186 valence electrons. The van der Waals surface area contributed by atoms with Gasteiger partial charge in [-0.15, -0.1) is 0 Å². The average Bonchev–Trinajstić information content (AvgIpc) is 3.22. The summed E-state index contributed by atoms with van der Waals surface area (Å²) in [5.41, 5.74) is 1.24. The Bertz CT molecular complexity index is 1180. The van der Waals surface area contributed by atoms with Gasteiger partial charge in [-0.3, -0.25) is 9.59 Å². The van der Waals surface area contributed by atoms with E-state index in [1.807, 2.05) is 65.0 Å². The zero-order valence-electron chi connectivity index (χ0n) is 21.1. The quantitative estimate of drug-likeness (QED) is 0.489. The molecule has 0 saturated heterocycles. The Labute approximate surface area is 205 Å². The zero-order valence-corrected chi connectivity index (χ0v) is 21.1. The molecule has 1 N–H and O–H groups in total. The van der Waals surface area contributed by atoms with Crippen LogP contribution in [0.15, 0.2) is 54.6 Å². The number of nitrogens with one attached hydrogen (secondary N) is 1. The van der Waals surface area contributed by atoms with Crippen LogP contribution in [0.5, 0.6) is 5.75 Å². The van der Waals surface area contributed by atoms with E-state index in [1.54, 1.807) is 17.9 Å². The van der Waals surface area contributed by atoms with Crippen molar-refractivity contribution in [1.29, 1.82) is 0 Å². The molecule has 35 heavy (non-hydrogen) atoms. The van der Waals surface area contributed by atoms with Gasteiger partial charge in [0.05, 0.1) is 24.1 Å². The Morgan fingerprint density at radius 2 is 1.77 bits per heavy atom. The first-order chi connectivity index (χ1) is 16.5. The monoisotopic (exact) mass is 480 g/mol. The highest BCUT2D eigenvalue weighted by Crippen LogP contribution is 2.27. The van der Waals surface area contributed by atoms with E-state index in [-0.39, 0.29) is 23.4 Å². The van der Waals surface area contributed by atoms with Gasteiger partial charge in [0, 0.05) is 18.0 Å². The lowest BCUT2D eigenvalue weighted by molar-refractivity contribution is -0.117. The van der Waals surface area contributed by atoms with Crippen LogP contribution in [-0.2, 0) is 10.2 Å². The molecule has 0 fully saturated rings. The summed E-state index contributed by atoms with van der Waals surface area (Å²) in [6.07, 6.45) is 0. The summed E-state index contributed by atoms with van der Waals surface area (Å²) >= 11 is 0. The standard InChI is InChI=1S/C27H33FN4O3/c1-18(2)16-31(26(34)21-9-7-8-10-22(21)28)17-25(33)29-24-15-23(27(3,4)5)30-32(24)19-11-13-20(35-6)14-12-19/h7-15,18H,16-17H2,1-6H3,(H,29,33). The number of rotatable bonds is 8. The third-order valence-electron chi connectivity index (χ3n) is 5.37. The highest BCUT2D eigenvalue weighted by Gasteiger charge is 2.25. The SMILES string of the molecule is COc1ccc(-n2nc(C(C)(C)C)cc2NC(=O)CN(CC(C)C)C(=O)c2ccccc2F)cc1. The Balaban J connectivity index is 1.88. The van der Waals surface area contributed by atoms with Crippen molar-refractivity contribution in [3.63, 3.8) is 0 Å². The van der Waals surface area contributed by atoms with Crippen LogP contribution in [0.2, 0.25) is 0 Å². The summed E-state index contributed by atoms with van der Waals surface area (Å²) in [4.78, 5) is 27.5. The maximum absolute atomic E-state index is 14.3. The summed E-state index contributed by atoms with van der Waals surface area (Å²) in [6.45, 7) is 10.1. The van der Waals surface area contributed by atoms with Gasteiger partial charge in [0.25, 0.3) is 5.91 Å². The van der Waals surface area contributed by atoms with Crippen molar-refractivity contribution in [3.05, 3.63) is 71.7 Å². The lowest BCUT2D eigenvalue weighted by Gasteiger charge is -2.24. The molecule has 0 saturated carbocycles. The van der Waals surface area contributed by atoms with Gasteiger partial charge in [0.1, 0.15) is 23.9 Å². The molecule has 0 aliphatic heterocycles. The van der Waals surface area contributed by atoms with Gasteiger partial charge >= 0.3 is 0 Å². The van der Waals surface area contributed by atoms with Crippen molar-refractivity contribution >= 4 is 17.6 Å². The van der Waals surface area contributed by atoms with E-state index in [2.05, 4.69) is 5.32 Å². The minimum Gasteiger partial charge on any atom is -0.497 e. The third kappa shape index (κ3) is 6.47. The second-order valence-electron chi connectivity index (χ2n) is 9.88. The largest absolute Gasteiger partial charge is 0.497 e. The molecule has 0 bridgehead atoms. The molecule has 7 nitrogen and oxygen atoms in total. The predicted octanol–water partition coefficient (Wildman–Crippen LogP) is 5.05. The molecule has 0 spiro atoms. The molecule has 1 heterocycles. The van der Waals surface area contributed by atoms with Gasteiger partial charge in [-0.2, -0.15) is 5.10 Å². The number of amides is 2. The molecule has 2 aromatic carbocycles. The van der Waals surface area contributed by atoms with E-state index in [0.29, 0.717) is 18.1 Å². The summed E-state index contributed by atoms with van der Waals surface area (Å²) in [5, 5.41) is 7.61. The number of benzene rings is 2. The normalized spacial score (nSPS) is 11.4. The number of hydrogen-bond acceptors (Lipinski definition) is 4. The van der Waals surface area contributed by atoms with E-state index < -0.39 is 17.6 Å². The molecule has 0 aliphatic carbocycles. The number of methoxy groups -OCH3 is 1. The van der Waals surface area contributed by atoms with Crippen LogP contribution < -0.4 is 10.1 Å². The molecule has 0 aliphatic rings. The molecule has 3 aromatic rings. The molecule has 0 atom stereocenters. The predicted molar refractivity (Wildman–Crippen MR) is 135 cm³/mol. The molecule has 0 radical (unpaired) electrons.